The third kappa shape index (κ3) is 5.00. The fourth-order valence-corrected chi connectivity index (χ4v) is 3.52. The number of thiazole rings is 1. The molecule has 30 heavy (non-hydrogen) atoms. The van der Waals surface area contributed by atoms with Crippen molar-refractivity contribution in [3.8, 4) is 0 Å². The molecule has 0 saturated heterocycles. The van der Waals surface area contributed by atoms with Crippen LogP contribution in [0.25, 0.3) is 0 Å². The highest BCUT2D eigenvalue weighted by Gasteiger charge is 2.19. The molecule has 2 aromatic heterocycles. The predicted octanol–water partition coefficient (Wildman–Crippen LogP) is 4.28. The van der Waals surface area contributed by atoms with Gasteiger partial charge in [-0.05, 0) is 17.5 Å². The molecule has 0 unspecified atom stereocenters. The van der Waals surface area contributed by atoms with Gasteiger partial charge in [0.2, 0.25) is 0 Å². The van der Waals surface area contributed by atoms with Gasteiger partial charge < -0.3 is 10.6 Å². The SMILES string of the molecule is CC(C)(C)c1cnc(CNC(=O)c2cc(NC(=O)c3cc(F)c(F)cc3Cl)[nH]n2)s1. The largest absolute Gasteiger partial charge is 0.344 e. The molecule has 0 fully saturated rings. The summed E-state index contributed by atoms with van der Waals surface area (Å²) < 4.78 is 26.5. The van der Waals surface area contributed by atoms with Crippen molar-refractivity contribution in [2.24, 2.45) is 0 Å². The molecule has 0 aliphatic heterocycles. The molecular formula is C19H18ClF2N5O2S. The quantitative estimate of drug-likeness (QED) is 0.502. The van der Waals surface area contributed by atoms with Gasteiger partial charge in [0.15, 0.2) is 17.3 Å². The zero-order valence-corrected chi connectivity index (χ0v) is 17.8. The van der Waals surface area contributed by atoms with E-state index in [1.165, 1.54) is 17.4 Å². The average molecular weight is 454 g/mol. The van der Waals surface area contributed by atoms with E-state index in [1.807, 2.05) is 0 Å². The minimum atomic E-state index is -1.20. The Bertz CT molecular complexity index is 1110. The third-order valence-corrected chi connectivity index (χ3v) is 5.74. The van der Waals surface area contributed by atoms with E-state index < -0.39 is 23.4 Å². The summed E-state index contributed by atoms with van der Waals surface area (Å²) >= 11 is 7.30. The molecule has 3 N–H and O–H groups in total. The van der Waals surface area contributed by atoms with Gasteiger partial charge in [-0.15, -0.1) is 11.3 Å². The Morgan fingerprint density at radius 3 is 2.53 bits per heavy atom. The Hall–Kier alpha value is -2.85. The second kappa shape index (κ2) is 8.49. The fraction of sp³-hybridized carbons (Fsp3) is 0.263. The highest BCUT2D eigenvalue weighted by molar-refractivity contribution is 7.11. The lowest BCUT2D eigenvalue weighted by Gasteiger charge is -2.14. The van der Waals surface area contributed by atoms with E-state index in [2.05, 4.69) is 46.6 Å². The number of benzene rings is 1. The van der Waals surface area contributed by atoms with Gasteiger partial charge in [-0.3, -0.25) is 14.7 Å². The van der Waals surface area contributed by atoms with Crippen molar-refractivity contribution in [1.29, 1.82) is 0 Å². The van der Waals surface area contributed by atoms with Gasteiger partial charge in [-0.25, -0.2) is 13.8 Å². The predicted molar refractivity (Wildman–Crippen MR) is 110 cm³/mol. The van der Waals surface area contributed by atoms with Crippen molar-refractivity contribution in [3.63, 3.8) is 0 Å². The second-order valence-corrected chi connectivity index (χ2v) is 8.94. The number of carbonyl (C=O) groups is 2. The van der Waals surface area contributed by atoms with Crippen LogP contribution in [0, 0.1) is 11.6 Å². The van der Waals surface area contributed by atoms with Crippen molar-refractivity contribution < 1.29 is 18.4 Å². The first kappa shape index (κ1) is 21.8. The Labute approximate surface area is 179 Å². The van der Waals surface area contributed by atoms with E-state index in [-0.39, 0.29) is 34.1 Å². The lowest BCUT2D eigenvalue weighted by Crippen LogP contribution is -2.23. The third-order valence-electron chi connectivity index (χ3n) is 4.01. The first-order valence-corrected chi connectivity index (χ1v) is 9.98. The van der Waals surface area contributed by atoms with Crippen LogP contribution in [0.15, 0.2) is 24.4 Å². The van der Waals surface area contributed by atoms with Crippen LogP contribution in [0.4, 0.5) is 14.6 Å². The lowest BCUT2D eigenvalue weighted by atomic mass is 9.96. The molecular weight excluding hydrogens is 436 g/mol. The highest BCUT2D eigenvalue weighted by Crippen LogP contribution is 2.27. The maximum atomic E-state index is 13.4. The molecule has 2 amide bonds. The zero-order valence-electron chi connectivity index (χ0n) is 16.3. The number of hydrogen-bond acceptors (Lipinski definition) is 5. The Morgan fingerprint density at radius 2 is 1.87 bits per heavy atom. The van der Waals surface area contributed by atoms with E-state index in [9.17, 15) is 18.4 Å². The number of H-pyrrole nitrogens is 1. The standard InChI is InChI=1S/C19H18ClF2N5O2S/c1-19(2,3)14-7-23-16(30-14)8-24-18(29)13-6-15(27-26-13)25-17(28)9-4-11(21)12(22)5-10(9)20/h4-7H,8H2,1-3H3,(H,24,29)(H2,25,26,27,28). The van der Waals surface area contributed by atoms with Gasteiger partial charge in [0, 0.05) is 17.1 Å². The summed E-state index contributed by atoms with van der Waals surface area (Å²) in [5.74, 6) is -3.52. The summed E-state index contributed by atoms with van der Waals surface area (Å²) in [6.45, 7) is 6.47. The second-order valence-electron chi connectivity index (χ2n) is 7.42. The van der Waals surface area contributed by atoms with Crippen LogP contribution in [-0.2, 0) is 12.0 Å². The van der Waals surface area contributed by atoms with Crippen LogP contribution in [-0.4, -0.2) is 27.0 Å². The first-order valence-electron chi connectivity index (χ1n) is 8.79. The van der Waals surface area contributed by atoms with Gasteiger partial charge >= 0.3 is 0 Å². The fourth-order valence-electron chi connectivity index (χ4n) is 2.37. The molecule has 0 aliphatic carbocycles. The van der Waals surface area contributed by atoms with E-state index in [4.69, 9.17) is 11.6 Å². The summed E-state index contributed by atoms with van der Waals surface area (Å²) in [5.41, 5.74) is -0.241. The molecule has 0 radical (unpaired) electrons. The van der Waals surface area contributed by atoms with Gasteiger partial charge in [0.05, 0.1) is 17.1 Å². The summed E-state index contributed by atoms with van der Waals surface area (Å²) in [5, 5.41) is 11.9. The lowest BCUT2D eigenvalue weighted by molar-refractivity contribution is 0.0945. The Morgan fingerprint density at radius 1 is 1.17 bits per heavy atom. The molecule has 158 valence electrons. The number of aromatic nitrogens is 3. The first-order chi connectivity index (χ1) is 14.0. The minimum Gasteiger partial charge on any atom is -0.344 e. The molecule has 0 saturated carbocycles. The number of nitrogens with zero attached hydrogens (tertiary/aromatic N) is 2. The van der Waals surface area contributed by atoms with Gasteiger partial charge in [0.25, 0.3) is 11.8 Å². The number of amides is 2. The van der Waals surface area contributed by atoms with E-state index in [0.29, 0.717) is 12.1 Å². The topological polar surface area (TPSA) is 99.8 Å². The zero-order chi connectivity index (χ0) is 22.1. The van der Waals surface area contributed by atoms with E-state index in [1.54, 1.807) is 6.20 Å². The molecule has 0 spiro atoms. The number of aromatic amines is 1. The van der Waals surface area contributed by atoms with Crippen LogP contribution in [0.3, 0.4) is 0 Å². The Balaban J connectivity index is 1.62. The average Bonchev–Trinajstić information content (AvgIpc) is 3.32. The number of carbonyl (C=O) groups excluding carboxylic acids is 2. The van der Waals surface area contributed by atoms with Crippen LogP contribution in [0.5, 0.6) is 0 Å². The van der Waals surface area contributed by atoms with Crippen LogP contribution in [0.1, 0.15) is 51.5 Å². The molecule has 0 atom stereocenters. The number of anilines is 1. The van der Waals surface area contributed by atoms with Crippen molar-refractivity contribution in [2.45, 2.75) is 32.7 Å². The molecule has 11 heteroatoms. The molecule has 1 aromatic carbocycles. The normalized spacial score (nSPS) is 11.4. The van der Waals surface area contributed by atoms with Crippen LogP contribution >= 0.6 is 22.9 Å². The number of hydrogen-bond donors (Lipinski definition) is 3. The molecule has 2 heterocycles. The summed E-state index contributed by atoms with van der Waals surface area (Å²) in [6.07, 6.45) is 1.79. The number of halogens is 3. The van der Waals surface area contributed by atoms with Gasteiger partial charge in [0.1, 0.15) is 10.8 Å². The molecule has 7 nitrogen and oxygen atoms in total. The van der Waals surface area contributed by atoms with Crippen LogP contribution < -0.4 is 10.6 Å². The van der Waals surface area contributed by atoms with Crippen molar-refractivity contribution >= 4 is 40.6 Å². The van der Waals surface area contributed by atoms with Crippen molar-refractivity contribution in [1.82, 2.24) is 20.5 Å². The highest BCUT2D eigenvalue weighted by atomic mass is 35.5. The maximum absolute atomic E-state index is 13.4. The van der Waals surface area contributed by atoms with E-state index >= 15 is 0 Å². The van der Waals surface area contributed by atoms with Crippen molar-refractivity contribution in [3.05, 3.63) is 62.2 Å². The minimum absolute atomic E-state index is 0.0223. The molecule has 3 aromatic rings. The van der Waals surface area contributed by atoms with Gasteiger partial charge in [-0.2, -0.15) is 5.10 Å². The van der Waals surface area contributed by atoms with E-state index in [0.717, 1.165) is 9.88 Å². The van der Waals surface area contributed by atoms with Crippen LogP contribution in [0.2, 0.25) is 5.02 Å². The summed E-state index contributed by atoms with van der Waals surface area (Å²) in [7, 11) is 0. The molecule has 0 bridgehead atoms. The number of nitrogens with one attached hydrogen (secondary N) is 3. The monoisotopic (exact) mass is 453 g/mol. The molecule has 3 rings (SSSR count). The van der Waals surface area contributed by atoms with Gasteiger partial charge in [-0.1, -0.05) is 32.4 Å². The summed E-state index contributed by atoms with van der Waals surface area (Å²) in [4.78, 5) is 29.9. The number of rotatable bonds is 5. The summed E-state index contributed by atoms with van der Waals surface area (Å²) in [6, 6.07) is 2.71. The smallest absolute Gasteiger partial charge is 0.272 e. The maximum Gasteiger partial charge on any atom is 0.272 e. The Kier molecular flexibility index (Phi) is 6.18. The molecule has 0 aliphatic rings. The van der Waals surface area contributed by atoms with Crippen molar-refractivity contribution in [2.75, 3.05) is 5.32 Å².